The maximum absolute atomic E-state index is 12.1. The molecule has 4 heteroatoms. The van der Waals surface area contributed by atoms with Gasteiger partial charge in [0.1, 0.15) is 5.54 Å². The van der Waals surface area contributed by atoms with Crippen LogP contribution in [0.25, 0.3) is 10.1 Å². The molecule has 0 aliphatic rings. The lowest BCUT2D eigenvalue weighted by Crippen LogP contribution is -2.43. The van der Waals surface area contributed by atoms with Crippen LogP contribution in [0.1, 0.15) is 29.9 Å². The third-order valence-electron chi connectivity index (χ3n) is 2.99. The van der Waals surface area contributed by atoms with E-state index in [1.165, 1.54) is 11.3 Å². The van der Waals surface area contributed by atoms with Crippen LogP contribution >= 0.6 is 11.3 Å². The fourth-order valence-electron chi connectivity index (χ4n) is 1.60. The molecule has 18 heavy (non-hydrogen) atoms. The number of carbonyl (C=O) groups excluding carboxylic acids is 1. The SMILES string of the molecule is CCC(C)(C#N)NC(=O)c1cc2ccccc2s1. The molecule has 1 atom stereocenters. The molecule has 0 radical (unpaired) electrons. The molecule has 0 saturated heterocycles. The summed E-state index contributed by atoms with van der Waals surface area (Å²) in [5.74, 6) is -0.179. The predicted octanol–water partition coefficient (Wildman–Crippen LogP) is 3.32. The van der Waals surface area contributed by atoms with Gasteiger partial charge in [0, 0.05) is 4.70 Å². The Balaban J connectivity index is 2.27. The van der Waals surface area contributed by atoms with Crippen LogP contribution in [0.5, 0.6) is 0 Å². The van der Waals surface area contributed by atoms with Crippen LogP contribution in [0.15, 0.2) is 30.3 Å². The number of hydrogen-bond acceptors (Lipinski definition) is 3. The zero-order valence-electron chi connectivity index (χ0n) is 10.4. The molecule has 2 aromatic rings. The van der Waals surface area contributed by atoms with E-state index in [2.05, 4.69) is 11.4 Å². The molecule has 1 aromatic carbocycles. The first-order chi connectivity index (χ1) is 8.58. The smallest absolute Gasteiger partial charge is 0.262 e. The maximum atomic E-state index is 12.1. The van der Waals surface area contributed by atoms with E-state index >= 15 is 0 Å². The van der Waals surface area contributed by atoms with Crippen molar-refractivity contribution in [3.05, 3.63) is 35.2 Å². The Bertz CT molecular complexity index is 593. The first-order valence-electron chi connectivity index (χ1n) is 5.80. The van der Waals surface area contributed by atoms with Crippen molar-refractivity contribution in [1.29, 1.82) is 5.26 Å². The molecule has 1 N–H and O–H groups in total. The number of fused-ring (bicyclic) bond motifs is 1. The number of amides is 1. The van der Waals surface area contributed by atoms with Gasteiger partial charge in [-0.2, -0.15) is 5.26 Å². The molecule has 1 aromatic heterocycles. The lowest BCUT2D eigenvalue weighted by Gasteiger charge is -2.20. The second kappa shape index (κ2) is 4.79. The van der Waals surface area contributed by atoms with Crippen molar-refractivity contribution >= 4 is 27.3 Å². The molecule has 0 aliphatic heterocycles. The number of nitrogens with one attached hydrogen (secondary N) is 1. The van der Waals surface area contributed by atoms with Crippen molar-refractivity contribution < 1.29 is 4.79 Å². The average Bonchev–Trinajstić information content (AvgIpc) is 2.82. The average molecular weight is 258 g/mol. The van der Waals surface area contributed by atoms with E-state index in [-0.39, 0.29) is 5.91 Å². The molecule has 1 unspecified atom stereocenters. The van der Waals surface area contributed by atoms with Crippen LogP contribution < -0.4 is 5.32 Å². The zero-order chi connectivity index (χ0) is 13.2. The van der Waals surface area contributed by atoms with Gasteiger partial charge in [-0.25, -0.2) is 0 Å². The third-order valence-corrected chi connectivity index (χ3v) is 4.11. The van der Waals surface area contributed by atoms with E-state index in [9.17, 15) is 4.79 Å². The van der Waals surface area contributed by atoms with E-state index in [0.29, 0.717) is 11.3 Å². The summed E-state index contributed by atoms with van der Waals surface area (Å²) in [6.07, 6.45) is 0.583. The molecule has 0 bridgehead atoms. The summed E-state index contributed by atoms with van der Waals surface area (Å²) in [5.41, 5.74) is -0.798. The predicted molar refractivity (Wildman–Crippen MR) is 73.6 cm³/mol. The fraction of sp³-hybridized carbons (Fsp3) is 0.286. The molecule has 1 amide bonds. The number of hydrogen-bond donors (Lipinski definition) is 1. The molecule has 0 fully saturated rings. The third kappa shape index (κ3) is 2.36. The van der Waals surface area contributed by atoms with Gasteiger partial charge in [0.25, 0.3) is 5.91 Å². The molecule has 0 spiro atoms. The summed E-state index contributed by atoms with van der Waals surface area (Å²) in [6.45, 7) is 3.62. The van der Waals surface area contributed by atoms with Crippen molar-refractivity contribution in [2.75, 3.05) is 0 Å². The first kappa shape index (κ1) is 12.6. The van der Waals surface area contributed by atoms with Crippen molar-refractivity contribution in [1.82, 2.24) is 5.32 Å². The summed E-state index contributed by atoms with van der Waals surface area (Å²) < 4.78 is 1.08. The van der Waals surface area contributed by atoms with Gasteiger partial charge < -0.3 is 5.32 Å². The number of carbonyl (C=O) groups is 1. The van der Waals surface area contributed by atoms with Crippen LogP contribution in [0, 0.1) is 11.3 Å². The Morgan fingerprint density at radius 2 is 2.22 bits per heavy atom. The normalized spacial score (nSPS) is 13.8. The van der Waals surface area contributed by atoms with Crippen molar-refractivity contribution in [3.63, 3.8) is 0 Å². The van der Waals surface area contributed by atoms with Gasteiger partial charge in [-0.15, -0.1) is 11.3 Å². The van der Waals surface area contributed by atoms with Crippen molar-refractivity contribution in [2.45, 2.75) is 25.8 Å². The summed E-state index contributed by atoms with van der Waals surface area (Å²) in [7, 11) is 0. The Kier molecular flexibility index (Phi) is 3.35. The number of thiophene rings is 1. The van der Waals surface area contributed by atoms with Crippen LogP contribution in [0.4, 0.5) is 0 Å². The van der Waals surface area contributed by atoms with Crippen LogP contribution in [0.2, 0.25) is 0 Å². The minimum atomic E-state index is -0.798. The molecular weight excluding hydrogens is 244 g/mol. The standard InChI is InChI=1S/C14H14N2OS/c1-3-14(2,9-15)16-13(17)12-8-10-6-4-5-7-11(10)18-12/h4-8H,3H2,1-2H3,(H,16,17). The first-order valence-corrected chi connectivity index (χ1v) is 6.62. The van der Waals surface area contributed by atoms with Crippen molar-refractivity contribution in [3.8, 4) is 6.07 Å². The van der Waals surface area contributed by atoms with Gasteiger partial charge in [0.15, 0.2) is 0 Å². The van der Waals surface area contributed by atoms with Crippen LogP contribution in [-0.4, -0.2) is 11.4 Å². The molecule has 2 rings (SSSR count). The van der Waals surface area contributed by atoms with Crippen LogP contribution in [0.3, 0.4) is 0 Å². The monoisotopic (exact) mass is 258 g/mol. The zero-order valence-corrected chi connectivity index (χ0v) is 11.2. The van der Waals surface area contributed by atoms with Gasteiger partial charge in [0.05, 0.1) is 10.9 Å². The highest BCUT2D eigenvalue weighted by atomic mass is 32.1. The summed E-state index contributed by atoms with van der Waals surface area (Å²) in [4.78, 5) is 12.7. The molecular formula is C14H14N2OS. The fourth-order valence-corrected chi connectivity index (χ4v) is 2.56. The van der Waals surface area contributed by atoms with Gasteiger partial charge in [-0.3, -0.25) is 4.79 Å². The quantitative estimate of drug-likeness (QED) is 0.918. The summed E-state index contributed by atoms with van der Waals surface area (Å²) >= 11 is 1.45. The molecule has 0 aliphatic carbocycles. The highest BCUT2D eigenvalue weighted by Crippen LogP contribution is 2.25. The van der Waals surface area contributed by atoms with Crippen LogP contribution in [-0.2, 0) is 0 Å². The molecule has 3 nitrogen and oxygen atoms in total. The highest BCUT2D eigenvalue weighted by molar-refractivity contribution is 7.20. The molecule has 1 heterocycles. The van der Waals surface area contributed by atoms with E-state index < -0.39 is 5.54 Å². The van der Waals surface area contributed by atoms with E-state index in [0.717, 1.165) is 10.1 Å². The lowest BCUT2D eigenvalue weighted by atomic mass is 10.0. The molecule has 0 saturated carbocycles. The second-order valence-electron chi connectivity index (χ2n) is 4.40. The number of nitrogens with zero attached hydrogens (tertiary/aromatic N) is 1. The van der Waals surface area contributed by atoms with E-state index in [1.807, 2.05) is 37.3 Å². The Morgan fingerprint density at radius 1 is 1.50 bits per heavy atom. The summed E-state index contributed by atoms with van der Waals surface area (Å²) in [6, 6.07) is 11.9. The van der Waals surface area contributed by atoms with Crippen molar-refractivity contribution in [2.24, 2.45) is 0 Å². The maximum Gasteiger partial charge on any atom is 0.262 e. The lowest BCUT2D eigenvalue weighted by molar-refractivity contribution is 0.0927. The number of benzene rings is 1. The minimum absolute atomic E-state index is 0.179. The van der Waals surface area contributed by atoms with Gasteiger partial charge in [0.2, 0.25) is 0 Å². The molecule has 92 valence electrons. The van der Waals surface area contributed by atoms with E-state index in [4.69, 9.17) is 5.26 Å². The minimum Gasteiger partial charge on any atom is -0.333 e. The Morgan fingerprint density at radius 3 is 2.83 bits per heavy atom. The van der Waals surface area contributed by atoms with Gasteiger partial charge >= 0.3 is 0 Å². The topological polar surface area (TPSA) is 52.9 Å². The van der Waals surface area contributed by atoms with E-state index in [1.54, 1.807) is 6.92 Å². The number of rotatable bonds is 3. The van der Waals surface area contributed by atoms with Gasteiger partial charge in [-0.05, 0) is 30.9 Å². The number of nitriles is 1. The Hall–Kier alpha value is -1.86. The highest BCUT2D eigenvalue weighted by Gasteiger charge is 2.24. The second-order valence-corrected chi connectivity index (χ2v) is 5.48. The summed E-state index contributed by atoms with van der Waals surface area (Å²) in [5, 5.41) is 12.9. The largest absolute Gasteiger partial charge is 0.333 e. The Labute approximate surface area is 110 Å². The van der Waals surface area contributed by atoms with Gasteiger partial charge in [-0.1, -0.05) is 25.1 Å².